The zero-order valence-corrected chi connectivity index (χ0v) is 12.9. The minimum Gasteiger partial charge on any atom is -0.481 e. The van der Waals surface area contributed by atoms with Gasteiger partial charge in [-0.1, -0.05) is 0 Å². The maximum absolute atomic E-state index is 9.81. The van der Waals surface area contributed by atoms with Crippen LogP contribution in [0.3, 0.4) is 0 Å². The Balaban J connectivity index is -0.000000249. The first kappa shape index (κ1) is 25.9. The Kier molecular flexibility index (Phi) is 21.1. The Morgan fingerprint density at radius 3 is 1.45 bits per heavy atom. The molecule has 0 spiro atoms. The molecule has 134 valence electrons. The fourth-order valence-corrected chi connectivity index (χ4v) is 0.952. The van der Waals surface area contributed by atoms with E-state index in [0.717, 1.165) is 12.8 Å². The lowest BCUT2D eigenvalue weighted by Gasteiger charge is -2.00. The summed E-state index contributed by atoms with van der Waals surface area (Å²) in [7, 11) is -4.26. The second-order valence-corrected chi connectivity index (χ2v) is 4.79. The van der Waals surface area contributed by atoms with Crippen molar-refractivity contribution in [2.24, 2.45) is 5.73 Å². The topological polar surface area (TPSA) is 208 Å². The van der Waals surface area contributed by atoms with Gasteiger partial charge in [0.15, 0.2) is 0 Å². The van der Waals surface area contributed by atoms with Gasteiger partial charge in [-0.3, -0.25) is 14.1 Å². The van der Waals surface area contributed by atoms with Gasteiger partial charge in [0, 0.05) is 19.8 Å². The van der Waals surface area contributed by atoms with Gasteiger partial charge in [-0.25, -0.2) is 4.57 Å². The van der Waals surface area contributed by atoms with Gasteiger partial charge in [0.05, 0.1) is 19.4 Å². The third kappa shape index (κ3) is 42.8. The summed E-state index contributed by atoms with van der Waals surface area (Å²) in [6, 6.07) is 0. The molecule has 22 heavy (non-hydrogen) atoms. The predicted molar refractivity (Wildman–Crippen MR) is 75.0 cm³/mol. The number of carboxylic acids is 2. The standard InChI is InChI=1S/C4H6O4.C4H10O2.C2H8NO4P/c5-3(6)1-2-4(7)8;5-3-1-2-4-6;3-1-2-7-8(4,5)6/h1-2H2,(H,5,6)(H,7,8);5-6H,1-4H2;1-3H2,(H2,4,5,6). The number of phosphoric ester groups is 1. The monoisotopic (exact) mass is 349 g/mol. The van der Waals surface area contributed by atoms with E-state index in [4.69, 9.17) is 35.9 Å². The van der Waals surface area contributed by atoms with Crippen LogP contribution in [-0.4, -0.2) is 68.5 Å². The maximum atomic E-state index is 9.81. The summed E-state index contributed by atoms with van der Waals surface area (Å²) in [5, 5.41) is 32.0. The highest BCUT2D eigenvalue weighted by Crippen LogP contribution is 2.34. The maximum Gasteiger partial charge on any atom is 0.469 e. The zero-order chi connectivity index (χ0) is 18.0. The van der Waals surface area contributed by atoms with Crippen LogP contribution < -0.4 is 5.73 Å². The molecular weight excluding hydrogens is 325 g/mol. The van der Waals surface area contributed by atoms with E-state index in [-0.39, 0.29) is 39.2 Å². The van der Waals surface area contributed by atoms with Crippen LogP contribution in [0.25, 0.3) is 0 Å². The number of hydrogen-bond acceptors (Lipinski definition) is 7. The highest BCUT2D eigenvalue weighted by molar-refractivity contribution is 7.46. The molecule has 0 bridgehead atoms. The molecule has 0 aliphatic heterocycles. The number of carboxylic acid groups (broad SMARTS) is 2. The number of carbonyl (C=O) groups is 2. The van der Waals surface area contributed by atoms with Crippen LogP contribution in [0.1, 0.15) is 25.7 Å². The van der Waals surface area contributed by atoms with Crippen LogP contribution in [-0.2, 0) is 18.7 Å². The normalized spacial score (nSPS) is 9.86. The summed E-state index contributed by atoms with van der Waals surface area (Å²) >= 11 is 0. The average molecular weight is 349 g/mol. The number of unbranched alkanes of at least 4 members (excludes halogenated alkanes) is 1. The summed E-state index contributed by atoms with van der Waals surface area (Å²) in [5.74, 6) is -2.15. The predicted octanol–water partition coefficient (Wildman–Crippen LogP) is -1.26. The van der Waals surface area contributed by atoms with E-state index in [9.17, 15) is 14.2 Å². The second-order valence-electron chi connectivity index (χ2n) is 3.55. The van der Waals surface area contributed by atoms with Crippen molar-refractivity contribution in [2.75, 3.05) is 26.4 Å². The van der Waals surface area contributed by atoms with Gasteiger partial charge in [0.1, 0.15) is 0 Å². The second kappa shape index (κ2) is 18.0. The third-order valence-corrected chi connectivity index (χ3v) is 2.02. The SMILES string of the molecule is NCCOP(=O)(O)O.O=C(O)CCC(=O)O.OCCCCO. The molecule has 0 heterocycles. The Labute approximate surface area is 127 Å². The summed E-state index contributed by atoms with van der Waals surface area (Å²) in [6.45, 7) is 0.399. The number of rotatable bonds is 9. The molecule has 0 saturated carbocycles. The number of hydrogen-bond donors (Lipinski definition) is 7. The Bertz CT molecular complexity index is 301. The molecule has 0 rings (SSSR count). The molecular formula is C10H24NO10P. The molecule has 0 aliphatic rings. The lowest BCUT2D eigenvalue weighted by Crippen LogP contribution is -2.06. The summed E-state index contributed by atoms with van der Waals surface area (Å²) in [6.07, 6.45) is 0.845. The number of phosphoric acid groups is 1. The smallest absolute Gasteiger partial charge is 0.469 e. The van der Waals surface area contributed by atoms with Crippen molar-refractivity contribution in [2.45, 2.75) is 25.7 Å². The number of nitrogens with two attached hydrogens (primary N) is 1. The van der Waals surface area contributed by atoms with Crippen LogP contribution in [0, 0.1) is 0 Å². The van der Waals surface area contributed by atoms with Gasteiger partial charge in [-0.15, -0.1) is 0 Å². The molecule has 0 aromatic heterocycles. The lowest BCUT2D eigenvalue weighted by molar-refractivity contribution is -0.143. The molecule has 0 fully saturated rings. The van der Waals surface area contributed by atoms with E-state index >= 15 is 0 Å². The Hall–Kier alpha value is -1.07. The van der Waals surface area contributed by atoms with Gasteiger partial charge in [-0.2, -0.15) is 0 Å². The van der Waals surface area contributed by atoms with E-state index in [0.29, 0.717) is 0 Å². The van der Waals surface area contributed by atoms with Gasteiger partial charge in [0.2, 0.25) is 0 Å². The quantitative estimate of drug-likeness (QED) is 0.193. The average Bonchev–Trinajstić information content (AvgIpc) is 2.41. The van der Waals surface area contributed by atoms with Crippen LogP contribution in [0.4, 0.5) is 0 Å². The summed E-state index contributed by atoms with van der Waals surface area (Å²) < 4.78 is 13.7. The summed E-state index contributed by atoms with van der Waals surface area (Å²) in [4.78, 5) is 35.2. The highest BCUT2D eigenvalue weighted by Gasteiger charge is 2.11. The van der Waals surface area contributed by atoms with Crippen LogP contribution >= 0.6 is 7.82 Å². The van der Waals surface area contributed by atoms with Crippen molar-refractivity contribution >= 4 is 19.8 Å². The number of aliphatic hydroxyl groups excluding tert-OH is 2. The molecule has 11 nitrogen and oxygen atoms in total. The molecule has 12 heteroatoms. The van der Waals surface area contributed by atoms with E-state index in [1.165, 1.54) is 0 Å². The minimum absolute atomic E-state index is 0.107. The molecule has 0 aliphatic carbocycles. The fraction of sp³-hybridized carbons (Fsp3) is 0.800. The van der Waals surface area contributed by atoms with Crippen molar-refractivity contribution < 1.29 is 48.9 Å². The fourth-order valence-electron chi connectivity index (χ4n) is 0.609. The first-order chi connectivity index (χ1) is 10.1. The number of aliphatic hydroxyl groups is 2. The van der Waals surface area contributed by atoms with E-state index in [1.807, 2.05) is 0 Å². The van der Waals surface area contributed by atoms with Crippen molar-refractivity contribution in [3.8, 4) is 0 Å². The zero-order valence-electron chi connectivity index (χ0n) is 12.0. The molecule has 8 N–H and O–H groups in total. The molecule has 0 atom stereocenters. The van der Waals surface area contributed by atoms with Gasteiger partial charge in [0.25, 0.3) is 0 Å². The molecule has 0 saturated heterocycles. The van der Waals surface area contributed by atoms with E-state index < -0.39 is 19.8 Å². The molecule has 0 amide bonds. The molecule has 0 radical (unpaired) electrons. The van der Waals surface area contributed by atoms with Crippen LogP contribution in [0.5, 0.6) is 0 Å². The number of aliphatic carboxylic acids is 2. The molecule has 0 aromatic rings. The van der Waals surface area contributed by atoms with Gasteiger partial charge in [-0.05, 0) is 12.8 Å². The van der Waals surface area contributed by atoms with E-state index in [2.05, 4.69) is 4.52 Å². The third-order valence-electron chi connectivity index (χ3n) is 1.50. The Morgan fingerprint density at radius 2 is 1.32 bits per heavy atom. The van der Waals surface area contributed by atoms with Gasteiger partial charge < -0.3 is 35.9 Å². The first-order valence-corrected chi connectivity index (χ1v) is 7.69. The van der Waals surface area contributed by atoms with Gasteiger partial charge >= 0.3 is 19.8 Å². The minimum atomic E-state index is -4.26. The highest BCUT2D eigenvalue weighted by atomic mass is 31.2. The molecule has 0 unspecified atom stereocenters. The van der Waals surface area contributed by atoms with Crippen molar-refractivity contribution in [1.82, 2.24) is 0 Å². The summed E-state index contributed by atoms with van der Waals surface area (Å²) in [5.41, 5.74) is 4.87. The first-order valence-electron chi connectivity index (χ1n) is 6.16. The largest absolute Gasteiger partial charge is 0.481 e. The molecule has 0 aromatic carbocycles. The van der Waals surface area contributed by atoms with Crippen molar-refractivity contribution in [3.63, 3.8) is 0 Å². The van der Waals surface area contributed by atoms with Crippen LogP contribution in [0.2, 0.25) is 0 Å². The van der Waals surface area contributed by atoms with Crippen molar-refractivity contribution in [1.29, 1.82) is 0 Å². The van der Waals surface area contributed by atoms with Crippen LogP contribution in [0.15, 0.2) is 0 Å². The van der Waals surface area contributed by atoms with Crippen molar-refractivity contribution in [3.05, 3.63) is 0 Å². The Morgan fingerprint density at radius 1 is 0.955 bits per heavy atom. The lowest BCUT2D eigenvalue weighted by atomic mass is 10.3. The van der Waals surface area contributed by atoms with E-state index in [1.54, 1.807) is 0 Å².